The van der Waals surface area contributed by atoms with Gasteiger partial charge in [0.25, 0.3) is 0 Å². The summed E-state index contributed by atoms with van der Waals surface area (Å²) in [6.07, 6.45) is 4.11. The van der Waals surface area contributed by atoms with Crippen molar-refractivity contribution in [3.63, 3.8) is 0 Å². The van der Waals surface area contributed by atoms with Gasteiger partial charge < -0.3 is 9.72 Å². The Morgan fingerprint density at radius 2 is 2.19 bits per heavy atom. The van der Waals surface area contributed by atoms with Gasteiger partial charge in [-0.3, -0.25) is 0 Å². The van der Waals surface area contributed by atoms with Gasteiger partial charge in [-0.05, 0) is 34.5 Å². The molecule has 3 nitrogen and oxygen atoms in total. The molecular formula is C12H16BrN3. The quantitative estimate of drug-likeness (QED) is 0.938. The number of pyridine rings is 1. The van der Waals surface area contributed by atoms with Crippen molar-refractivity contribution in [2.45, 2.75) is 33.4 Å². The molecule has 16 heavy (non-hydrogen) atoms. The highest BCUT2D eigenvalue weighted by Gasteiger charge is 2.05. The first-order valence-corrected chi connectivity index (χ1v) is 6.22. The summed E-state index contributed by atoms with van der Waals surface area (Å²) in [5.41, 5.74) is 3.30. The summed E-state index contributed by atoms with van der Waals surface area (Å²) >= 11 is 3.49. The van der Waals surface area contributed by atoms with Crippen LogP contribution in [0.4, 0.5) is 0 Å². The van der Waals surface area contributed by atoms with E-state index in [1.54, 1.807) is 0 Å². The number of rotatable bonds is 3. The van der Waals surface area contributed by atoms with E-state index >= 15 is 0 Å². The molecule has 0 atom stereocenters. The van der Waals surface area contributed by atoms with E-state index < -0.39 is 0 Å². The van der Waals surface area contributed by atoms with E-state index in [9.17, 15) is 0 Å². The fraction of sp³-hybridized carbons (Fsp3) is 0.417. The minimum Gasteiger partial charge on any atom is -0.309 e. The monoisotopic (exact) mass is 281 g/mol. The highest BCUT2D eigenvalue weighted by Crippen LogP contribution is 2.17. The van der Waals surface area contributed by atoms with Crippen LogP contribution in [-0.2, 0) is 6.54 Å². The second-order valence-corrected chi connectivity index (χ2v) is 5.26. The molecule has 0 saturated carbocycles. The van der Waals surface area contributed by atoms with E-state index in [1.165, 1.54) is 5.56 Å². The average molecular weight is 282 g/mol. The Labute approximate surface area is 104 Å². The summed E-state index contributed by atoms with van der Waals surface area (Å²) in [6, 6.07) is 2.57. The van der Waals surface area contributed by atoms with Crippen molar-refractivity contribution in [2.24, 2.45) is 0 Å². The third-order valence-electron chi connectivity index (χ3n) is 2.44. The number of halogens is 1. The maximum Gasteiger partial charge on any atom is 0.140 e. The van der Waals surface area contributed by atoms with Crippen LogP contribution in [0.3, 0.4) is 0 Å². The first-order chi connectivity index (χ1) is 7.56. The zero-order valence-corrected chi connectivity index (χ0v) is 11.4. The third-order valence-corrected chi connectivity index (χ3v) is 2.88. The van der Waals surface area contributed by atoms with E-state index in [0.29, 0.717) is 6.04 Å². The standard InChI is InChI=1S/C12H16BrN3/c1-8(2)14-5-11-7-16-6-10(13)4-9(3)12(16)15-11/h4,6-8,14H,5H2,1-3H3. The van der Waals surface area contributed by atoms with Gasteiger partial charge in [-0.1, -0.05) is 13.8 Å². The van der Waals surface area contributed by atoms with Gasteiger partial charge >= 0.3 is 0 Å². The van der Waals surface area contributed by atoms with E-state index in [0.717, 1.165) is 22.4 Å². The SMILES string of the molecule is Cc1cc(Br)cn2cc(CNC(C)C)nc12. The Morgan fingerprint density at radius 1 is 1.44 bits per heavy atom. The highest BCUT2D eigenvalue weighted by atomic mass is 79.9. The van der Waals surface area contributed by atoms with Gasteiger partial charge in [0.2, 0.25) is 0 Å². The smallest absolute Gasteiger partial charge is 0.140 e. The number of aryl methyl sites for hydroxylation is 1. The second-order valence-electron chi connectivity index (χ2n) is 4.34. The summed E-state index contributed by atoms with van der Waals surface area (Å²) in [6.45, 7) is 7.17. The van der Waals surface area contributed by atoms with Crippen molar-refractivity contribution in [3.8, 4) is 0 Å². The van der Waals surface area contributed by atoms with Crippen LogP contribution in [0.25, 0.3) is 5.65 Å². The number of aromatic nitrogens is 2. The number of imidazole rings is 1. The molecule has 0 unspecified atom stereocenters. The predicted molar refractivity (Wildman–Crippen MR) is 69.6 cm³/mol. The van der Waals surface area contributed by atoms with Crippen LogP contribution < -0.4 is 5.32 Å². The number of nitrogens with one attached hydrogen (secondary N) is 1. The van der Waals surface area contributed by atoms with Crippen LogP contribution in [0.15, 0.2) is 22.9 Å². The van der Waals surface area contributed by atoms with Crippen molar-refractivity contribution in [2.75, 3.05) is 0 Å². The normalized spacial score (nSPS) is 11.6. The molecule has 0 aliphatic carbocycles. The van der Waals surface area contributed by atoms with Gasteiger partial charge in [0.15, 0.2) is 0 Å². The number of hydrogen-bond acceptors (Lipinski definition) is 2. The zero-order valence-electron chi connectivity index (χ0n) is 9.79. The van der Waals surface area contributed by atoms with Crippen LogP contribution in [-0.4, -0.2) is 15.4 Å². The fourth-order valence-electron chi connectivity index (χ4n) is 1.67. The summed E-state index contributed by atoms with van der Waals surface area (Å²) < 4.78 is 3.15. The maximum absolute atomic E-state index is 4.60. The van der Waals surface area contributed by atoms with Gasteiger partial charge in [-0.25, -0.2) is 4.98 Å². The molecule has 0 spiro atoms. The van der Waals surface area contributed by atoms with Gasteiger partial charge in [-0.15, -0.1) is 0 Å². The van der Waals surface area contributed by atoms with Gasteiger partial charge in [0, 0.05) is 29.5 Å². The minimum atomic E-state index is 0.484. The molecule has 4 heteroatoms. The Bertz CT molecular complexity index is 502. The van der Waals surface area contributed by atoms with E-state index in [-0.39, 0.29) is 0 Å². The predicted octanol–water partition coefficient (Wildman–Crippen LogP) is 2.90. The molecule has 0 fully saturated rings. The molecule has 2 aromatic rings. The lowest BCUT2D eigenvalue weighted by Gasteiger charge is -2.04. The van der Waals surface area contributed by atoms with E-state index in [2.05, 4.69) is 63.7 Å². The van der Waals surface area contributed by atoms with Crippen molar-refractivity contribution in [3.05, 3.63) is 34.2 Å². The third kappa shape index (κ3) is 2.44. The molecule has 0 aliphatic rings. The molecule has 0 saturated heterocycles. The molecular weight excluding hydrogens is 266 g/mol. The Hall–Kier alpha value is -0.870. The summed E-state index contributed by atoms with van der Waals surface area (Å²) in [5.74, 6) is 0. The summed E-state index contributed by atoms with van der Waals surface area (Å²) in [7, 11) is 0. The van der Waals surface area contributed by atoms with E-state index in [4.69, 9.17) is 0 Å². The molecule has 2 aromatic heterocycles. The fourth-order valence-corrected chi connectivity index (χ4v) is 2.23. The van der Waals surface area contributed by atoms with Gasteiger partial charge in [0.05, 0.1) is 5.69 Å². The summed E-state index contributed by atoms with van der Waals surface area (Å²) in [5, 5.41) is 3.37. The van der Waals surface area contributed by atoms with Crippen LogP contribution in [0.5, 0.6) is 0 Å². The maximum atomic E-state index is 4.60. The van der Waals surface area contributed by atoms with Crippen LogP contribution in [0.2, 0.25) is 0 Å². The Kier molecular flexibility index (Phi) is 3.30. The molecule has 0 aromatic carbocycles. The van der Waals surface area contributed by atoms with Crippen molar-refractivity contribution >= 4 is 21.6 Å². The molecule has 86 valence electrons. The average Bonchev–Trinajstić information content (AvgIpc) is 2.57. The number of hydrogen-bond donors (Lipinski definition) is 1. The molecule has 0 amide bonds. The lowest BCUT2D eigenvalue weighted by molar-refractivity contribution is 0.583. The number of nitrogens with zero attached hydrogens (tertiary/aromatic N) is 2. The molecule has 2 heterocycles. The largest absolute Gasteiger partial charge is 0.309 e. The molecule has 2 rings (SSSR count). The lowest BCUT2D eigenvalue weighted by atomic mass is 10.3. The lowest BCUT2D eigenvalue weighted by Crippen LogP contribution is -2.21. The van der Waals surface area contributed by atoms with Crippen molar-refractivity contribution < 1.29 is 0 Å². The van der Waals surface area contributed by atoms with Crippen LogP contribution in [0, 0.1) is 6.92 Å². The van der Waals surface area contributed by atoms with E-state index in [1.807, 2.05) is 6.20 Å². The first-order valence-electron chi connectivity index (χ1n) is 5.43. The Morgan fingerprint density at radius 3 is 2.88 bits per heavy atom. The van der Waals surface area contributed by atoms with Crippen LogP contribution in [0.1, 0.15) is 25.1 Å². The molecule has 0 bridgehead atoms. The Balaban J connectivity index is 2.33. The molecule has 1 N–H and O–H groups in total. The second kappa shape index (κ2) is 4.55. The van der Waals surface area contributed by atoms with Gasteiger partial charge in [-0.2, -0.15) is 0 Å². The molecule has 0 radical (unpaired) electrons. The van der Waals surface area contributed by atoms with Gasteiger partial charge in [0.1, 0.15) is 5.65 Å². The summed E-state index contributed by atoms with van der Waals surface area (Å²) in [4.78, 5) is 4.60. The topological polar surface area (TPSA) is 29.3 Å². The first kappa shape index (κ1) is 11.6. The van der Waals surface area contributed by atoms with Crippen molar-refractivity contribution in [1.29, 1.82) is 0 Å². The molecule has 0 aliphatic heterocycles. The highest BCUT2D eigenvalue weighted by molar-refractivity contribution is 9.10. The number of fused-ring (bicyclic) bond motifs is 1. The minimum absolute atomic E-state index is 0.484. The van der Waals surface area contributed by atoms with Crippen molar-refractivity contribution in [1.82, 2.24) is 14.7 Å². The zero-order chi connectivity index (χ0) is 11.7. The van der Waals surface area contributed by atoms with Crippen LogP contribution >= 0.6 is 15.9 Å².